The van der Waals surface area contributed by atoms with Crippen LogP contribution in [0.1, 0.15) is 105 Å². The second kappa shape index (κ2) is 7.29. The number of hydrogen-bond donors (Lipinski definition) is 1. The standard InChI is InChI=1S/C19H39N/c1-6-7-8-9-10-11-12-13-19(20)15-17(2,3)14-18(4,5)16-19/h6-16,20H2,1-5H3. The van der Waals surface area contributed by atoms with E-state index in [2.05, 4.69) is 34.6 Å². The van der Waals surface area contributed by atoms with Gasteiger partial charge in [0.05, 0.1) is 0 Å². The van der Waals surface area contributed by atoms with Gasteiger partial charge in [-0.25, -0.2) is 0 Å². The molecule has 0 heterocycles. The molecule has 0 aromatic rings. The minimum atomic E-state index is 0.0919. The van der Waals surface area contributed by atoms with Gasteiger partial charge in [0.1, 0.15) is 0 Å². The molecule has 1 heteroatoms. The monoisotopic (exact) mass is 281 g/mol. The second-order valence-corrected chi connectivity index (χ2v) is 9.09. The van der Waals surface area contributed by atoms with Crippen LogP contribution in [0.25, 0.3) is 0 Å². The van der Waals surface area contributed by atoms with Gasteiger partial charge >= 0.3 is 0 Å². The Bertz CT molecular complexity index is 261. The Morgan fingerprint density at radius 3 is 1.65 bits per heavy atom. The summed E-state index contributed by atoms with van der Waals surface area (Å²) in [6, 6.07) is 0. The zero-order valence-electron chi connectivity index (χ0n) is 14.9. The van der Waals surface area contributed by atoms with Gasteiger partial charge in [0, 0.05) is 5.54 Å². The van der Waals surface area contributed by atoms with Crippen molar-refractivity contribution < 1.29 is 0 Å². The summed E-state index contributed by atoms with van der Waals surface area (Å²) >= 11 is 0. The van der Waals surface area contributed by atoms with E-state index in [4.69, 9.17) is 5.73 Å². The Morgan fingerprint density at radius 2 is 1.15 bits per heavy atom. The van der Waals surface area contributed by atoms with Crippen LogP contribution in [-0.4, -0.2) is 5.54 Å². The van der Waals surface area contributed by atoms with Crippen molar-refractivity contribution in [3.05, 3.63) is 0 Å². The minimum absolute atomic E-state index is 0.0919. The molecular formula is C19H39N. The molecule has 0 atom stereocenters. The van der Waals surface area contributed by atoms with E-state index in [9.17, 15) is 0 Å². The van der Waals surface area contributed by atoms with Crippen molar-refractivity contribution in [3.63, 3.8) is 0 Å². The number of unbranched alkanes of at least 4 members (excludes halogenated alkanes) is 6. The Kier molecular flexibility index (Phi) is 6.57. The van der Waals surface area contributed by atoms with Crippen LogP contribution in [0.4, 0.5) is 0 Å². The molecule has 0 aliphatic heterocycles. The molecule has 1 fully saturated rings. The van der Waals surface area contributed by atoms with E-state index in [0.717, 1.165) is 0 Å². The van der Waals surface area contributed by atoms with Gasteiger partial charge in [-0.1, -0.05) is 79.6 Å². The predicted octanol–water partition coefficient (Wildman–Crippen LogP) is 6.06. The lowest BCUT2D eigenvalue weighted by atomic mass is 9.58. The first-order valence-electron chi connectivity index (χ1n) is 8.97. The van der Waals surface area contributed by atoms with Crippen LogP contribution in [0, 0.1) is 10.8 Å². The summed E-state index contributed by atoms with van der Waals surface area (Å²) in [5.41, 5.74) is 7.69. The van der Waals surface area contributed by atoms with Crippen LogP contribution in [0.15, 0.2) is 0 Å². The zero-order valence-corrected chi connectivity index (χ0v) is 14.9. The van der Waals surface area contributed by atoms with Gasteiger partial charge in [-0.3, -0.25) is 0 Å². The van der Waals surface area contributed by atoms with Crippen molar-refractivity contribution in [2.24, 2.45) is 16.6 Å². The highest BCUT2D eigenvalue weighted by Gasteiger charge is 2.44. The molecule has 0 aromatic heterocycles. The normalized spacial score (nSPS) is 23.7. The molecule has 0 amide bonds. The van der Waals surface area contributed by atoms with Gasteiger partial charge in [0.2, 0.25) is 0 Å². The van der Waals surface area contributed by atoms with Crippen molar-refractivity contribution in [1.29, 1.82) is 0 Å². The summed E-state index contributed by atoms with van der Waals surface area (Å²) in [7, 11) is 0. The first kappa shape index (κ1) is 18.0. The summed E-state index contributed by atoms with van der Waals surface area (Å²) in [4.78, 5) is 0. The van der Waals surface area contributed by atoms with E-state index in [1.54, 1.807) is 0 Å². The van der Waals surface area contributed by atoms with Crippen LogP contribution in [0.5, 0.6) is 0 Å². The fourth-order valence-electron chi connectivity index (χ4n) is 5.00. The summed E-state index contributed by atoms with van der Waals surface area (Å²) < 4.78 is 0. The topological polar surface area (TPSA) is 26.0 Å². The highest BCUT2D eigenvalue weighted by molar-refractivity contribution is 5.00. The molecule has 1 aliphatic carbocycles. The number of rotatable bonds is 8. The molecule has 1 rings (SSSR count). The predicted molar refractivity (Wildman–Crippen MR) is 90.9 cm³/mol. The maximum atomic E-state index is 6.77. The van der Waals surface area contributed by atoms with Crippen molar-refractivity contribution in [2.75, 3.05) is 0 Å². The molecule has 120 valence electrons. The van der Waals surface area contributed by atoms with E-state index in [0.29, 0.717) is 10.8 Å². The zero-order chi connectivity index (χ0) is 15.3. The maximum absolute atomic E-state index is 6.77. The fourth-order valence-corrected chi connectivity index (χ4v) is 5.00. The first-order valence-corrected chi connectivity index (χ1v) is 8.97. The van der Waals surface area contributed by atoms with Crippen LogP contribution < -0.4 is 5.73 Å². The summed E-state index contributed by atoms with van der Waals surface area (Å²) in [5.74, 6) is 0. The molecule has 2 N–H and O–H groups in total. The Morgan fingerprint density at radius 1 is 0.700 bits per heavy atom. The number of hydrogen-bond acceptors (Lipinski definition) is 1. The lowest BCUT2D eigenvalue weighted by Gasteiger charge is -2.50. The van der Waals surface area contributed by atoms with Crippen LogP contribution in [-0.2, 0) is 0 Å². The third kappa shape index (κ3) is 6.61. The third-order valence-corrected chi connectivity index (χ3v) is 4.90. The molecule has 0 bridgehead atoms. The first-order chi connectivity index (χ1) is 9.18. The van der Waals surface area contributed by atoms with Gasteiger partial charge in [0.25, 0.3) is 0 Å². The van der Waals surface area contributed by atoms with Crippen molar-refractivity contribution in [2.45, 2.75) is 111 Å². The Balaban J connectivity index is 2.30. The van der Waals surface area contributed by atoms with Gasteiger partial charge in [-0.05, 0) is 36.5 Å². The number of nitrogens with two attached hydrogens (primary N) is 1. The molecule has 0 aromatic carbocycles. The quantitative estimate of drug-likeness (QED) is 0.538. The molecule has 1 aliphatic rings. The molecule has 0 spiro atoms. The van der Waals surface area contributed by atoms with E-state index in [1.165, 1.54) is 70.6 Å². The van der Waals surface area contributed by atoms with E-state index in [-0.39, 0.29) is 5.54 Å². The average Bonchev–Trinajstić information content (AvgIpc) is 2.22. The lowest BCUT2D eigenvalue weighted by molar-refractivity contribution is 0.0431. The van der Waals surface area contributed by atoms with Crippen molar-refractivity contribution in [3.8, 4) is 0 Å². The van der Waals surface area contributed by atoms with E-state index in [1.807, 2.05) is 0 Å². The van der Waals surface area contributed by atoms with E-state index >= 15 is 0 Å². The Hall–Kier alpha value is -0.0400. The highest BCUT2D eigenvalue weighted by Crippen LogP contribution is 2.50. The molecule has 0 unspecified atom stereocenters. The van der Waals surface area contributed by atoms with Crippen LogP contribution >= 0.6 is 0 Å². The van der Waals surface area contributed by atoms with E-state index < -0.39 is 0 Å². The molecule has 1 saturated carbocycles. The fraction of sp³-hybridized carbons (Fsp3) is 1.00. The van der Waals surface area contributed by atoms with Crippen molar-refractivity contribution in [1.82, 2.24) is 0 Å². The summed E-state index contributed by atoms with van der Waals surface area (Å²) in [5, 5.41) is 0. The summed E-state index contributed by atoms with van der Waals surface area (Å²) in [6.45, 7) is 11.9. The molecule has 20 heavy (non-hydrogen) atoms. The molecule has 0 radical (unpaired) electrons. The van der Waals surface area contributed by atoms with Gasteiger partial charge in [-0.15, -0.1) is 0 Å². The molecular weight excluding hydrogens is 242 g/mol. The van der Waals surface area contributed by atoms with Gasteiger partial charge in [0.15, 0.2) is 0 Å². The molecule has 1 nitrogen and oxygen atoms in total. The molecule has 0 saturated heterocycles. The largest absolute Gasteiger partial charge is 0.325 e. The van der Waals surface area contributed by atoms with Crippen molar-refractivity contribution >= 4 is 0 Å². The van der Waals surface area contributed by atoms with Crippen LogP contribution in [0.2, 0.25) is 0 Å². The van der Waals surface area contributed by atoms with Gasteiger partial charge in [-0.2, -0.15) is 0 Å². The minimum Gasteiger partial charge on any atom is -0.325 e. The summed E-state index contributed by atoms with van der Waals surface area (Å²) in [6.07, 6.45) is 14.7. The smallest absolute Gasteiger partial charge is 0.0164 e. The SMILES string of the molecule is CCCCCCCCCC1(N)CC(C)(C)CC(C)(C)C1. The average molecular weight is 282 g/mol. The maximum Gasteiger partial charge on any atom is 0.0164 e. The Labute approximate surface area is 128 Å². The van der Waals surface area contributed by atoms with Gasteiger partial charge < -0.3 is 5.73 Å². The second-order valence-electron chi connectivity index (χ2n) is 9.09. The van der Waals surface area contributed by atoms with Crippen LogP contribution in [0.3, 0.4) is 0 Å². The highest BCUT2D eigenvalue weighted by atomic mass is 14.8. The lowest BCUT2D eigenvalue weighted by Crippen LogP contribution is -2.52. The third-order valence-electron chi connectivity index (χ3n) is 4.90.